The van der Waals surface area contributed by atoms with Crippen LogP contribution in [0.5, 0.6) is 0 Å². The van der Waals surface area contributed by atoms with Gasteiger partial charge in [-0.15, -0.1) is 0 Å². The number of piperidine rings is 1. The predicted molar refractivity (Wildman–Crippen MR) is 49.5 cm³/mol. The number of nitrogens with zero attached hydrogens (tertiary/aromatic N) is 1. The van der Waals surface area contributed by atoms with Crippen LogP contribution in [0.4, 0.5) is 18.0 Å². The molecule has 1 rings (SSSR count). The summed E-state index contributed by atoms with van der Waals surface area (Å²) in [5.74, 6) is 0. The third-order valence-electron chi connectivity index (χ3n) is 2.33. The number of carbonyl (C=O) groups is 1. The molecule has 0 aliphatic carbocycles. The standard InChI is InChI=1S/C9H15F3N2O/c10-9(11,12)4-5-13-8(15)14-6-2-1-3-7-14/h1-7H2,(H,13,15). The number of nitrogens with one attached hydrogen (secondary N) is 1. The van der Waals surface area contributed by atoms with Gasteiger partial charge in [-0.1, -0.05) is 0 Å². The zero-order valence-electron chi connectivity index (χ0n) is 8.44. The molecule has 0 atom stereocenters. The van der Waals surface area contributed by atoms with Crippen molar-refractivity contribution in [3.8, 4) is 0 Å². The summed E-state index contributed by atoms with van der Waals surface area (Å²) in [5, 5.41) is 2.28. The van der Waals surface area contributed by atoms with E-state index >= 15 is 0 Å². The number of rotatable bonds is 2. The van der Waals surface area contributed by atoms with Gasteiger partial charge in [-0.2, -0.15) is 13.2 Å². The number of amides is 2. The molecule has 6 heteroatoms. The van der Waals surface area contributed by atoms with Crippen molar-refractivity contribution < 1.29 is 18.0 Å². The summed E-state index contributed by atoms with van der Waals surface area (Å²) in [4.78, 5) is 12.9. The lowest BCUT2D eigenvalue weighted by Crippen LogP contribution is -2.43. The molecule has 0 saturated carbocycles. The van der Waals surface area contributed by atoms with Gasteiger partial charge < -0.3 is 10.2 Å². The molecule has 1 fully saturated rings. The lowest BCUT2D eigenvalue weighted by Gasteiger charge is -2.26. The summed E-state index contributed by atoms with van der Waals surface area (Å²) in [6.45, 7) is 0.967. The van der Waals surface area contributed by atoms with Gasteiger partial charge in [-0.25, -0.2) is 4.79 Å². The SMILES string of the molecule is O=C(NCCC(F)(F)F)N1CCCCC1. The van der Waals surface area contributed by atoms with Crippen molar-refractivity contribution in [2.24, 2.45) is 0 Å². The number of urea groups is 1. The summed E-state index contributed by atoms with van der Waals surface area (Å²) in [6.07, 6.45) is -2.20. The summed E-state index contributed by atoms with van der Waals surface area (Å²) >= 11 is 0. The Kier molecular flexibility index (Phi) is 4.23. The minimum Gasteiger partial charge on any atom is -0.338 e. The fourth-order valence-electron chi connectivity index (χ4n) is 1.52. The van der Waals surface area contributed by atoms with Crippen LogP contribution in [0.25, 0.3) is 0 Å². The maximum Gasteiger partial charge on any atom is 0.390 e. The van der Waals surface area contributed by atoms with Crippen LogP contribution in [-0.2, 0) is 0 Å². The summed E-state index contributed by atoms with van der Waals surface area (Å²) in [7, 11) is 0. The van der Waals surface area contributed by atoms with Gasteiger partial charge in [0.05, 0.1) is 6.42 Å². The number of alkyl halides is 3. The highest BCUT2D eigenvalue weighted by molar-refractivity contribution is 5.74. The van der Waals surface area contributed by atoms with Crippen molar-refractivity contribution in [1.29, 1.82) is 0 Å². The first-order valence-electron chi connectivity index (χ1n) is 5.08. The highest BCUT2D eigenvalue weighted by Crippen LogP contribution is 2.18. The molecule has 0 unspecified atom stereocenters. The van der Waals surface area contributed by atoms with Crippen molar-refractivity contribution in [2.75, 3.05) is 19.6 Å². The van der Waals surface area contributed by atoms with Crippen LogP contribution in [0, 0.1) is 0 Å². The van der Waals surface area contributed by atoms with Gasteiger partial charge in [0.1, 0.15) is 0 Å². The molecule has 2 amide bonds. The Hall–Kier alpha value is -0.940. The lowest BCUT2D eigenvalue weighted by molar-refractivity contribution is -0.133. The molecule has 0 aromatic carbocycles. The second-order valence-corrected chi connectivity index (χ2v) is 3.64. The fraction of sp³-hybridized carbons (Fsp3) is 0.889. The van der Waals surface area contributed by atoms with E-state index in [1.807, 2.05) is 0 Å². The second-order valence-electron chi connectivity index (χ2n) is 3.64. The first kappa shape index (κ1) is 12.1. The molecule has 1 N–H and O–H groups in total. The Bertz CT molecular complexity index is 212. The molecular weight excluding hydrogens is 209 g/mol. The average Bonchev–Trinajstić information content (AvgIpc) is 2.17. The van der Waals surface area contributed by atoms with Crippen molar-refractivity contribution in [1.82, 2.24) is 10.2 Å². The molecular formula is C9H15F3N2O. The number of hydrogen-bond donors (Lipinski definition) is 1. The topological polar surface area (TPSA) is 32.3 Å². The Morgan fingerprint density at radius 3 is 2.33 bits per heavy atom. The maximum atomic E-state index is 11.8. The Labute approximate surface area is 86.6 Å². The fourth-order valence-corrected chi connectivity index (χ4v) is 1.52. The van der Waals surface area contributed by atoms with Crippen LogP contribution in [0.2, 0.25) is 0 Å². The number of likely N-dealkylation sites (tertiary alicyclic amines) is 1. The predicted octanol–water partition coefficient (Wildman–Crippen LogP) is 2.13. The van der Waals surface area contributed by atoms with Gasteiger partial charge >= 0.3 is 12.2 Å². The number of carbonyl (C=O) groups excluding carboxylic acids is 1. The van der Waals surface area contributed by atoms with E-state index < -0.39 is 12.6 Å². The minimum absolute atomic E-state index is 0.334. The lowest BCUT2D eigenvalue weighted by atomic mass is 10.1. The van der Waals surface area contributed by atoms with E-state index in [-0.39, 0.29) is 12.6 Å². The van der Waals surface area contributed by atoms with E-state index in [9.17, 15) is 18.0 Å². The van der Waals surface area contributed by atoms with Gasteiger partial charge in [0.2, 0.25) is 0 Å². The van der Waals surface area contributed by atoms with E-state index in [4.69, 9.17) is 0 Å². The largest absolute Gasteiger partial charge is 0.390 e. The zero-order valence-corrected chi connectivity index (χ0v) is 8.44. The monoisotopic (exact) mass is 224 g/mol. The van der Waals surface area contributed by atoms with Crippen LogP contribution in [0.15, 0.2) is 0 Å². The van der Waals surface area contributed by atoms with E-state index in [0.29, 0.717) is 13.1 Å². The van der Waals surface area contributed by atoms with Crippen molar-refractivity contribution in [3.05, 3.63) is 0 Å². The highest BCUT2D eigenvalue weighted by atomic mass is 19.4. The van der Waals surface area contributed by atoms with Crippen LogP contribution in [0.3, 0.4) is 0 Å². The van der Waals surface area contributed by atoms with E-state index in [0.717, 1.165) is 19.3 Å². The van der Waals surface area contributed by atoms with E-state index in [1.165, 1.54) is 0 Å². The molecule has 1 aliphatic heterocycles. The molecule has 0 radical (unpaired) electrons. The van der Waals surface area contributed by atoms with Gasteiger partial charge in [0.15, 0.2) is 0 Å². The molecule has 1 heterocycles. The molecule has 1 saturated heterocycles. The Morgan fingerprint density at radius 1 is 1.20 bits per heavy atom. The normalized spacial score (nSPS) is 17.7. The zero-order chi connectivity index (χ0) is 11.3. The van der Waals surface area contributed by atoms with Gasteiger partial charge in [-0.3, -0.25) is 0 Å². The molecule has 0 bridgehead atoms. The first-order chi connectivity index (χ1) is 6.99. The summed E-state index contributed by atoms with van der Waals surface area (Å²) < 4.78 is 35.4. The van der Waals surface area contributed by atoms with Gasteiger partial charge in [-0.05, 0) is 19.3 Å². The minimum atomic E-state index is -4.20. The van der Waals surface area contributed by atoms with E-state index in [1.54, 1.807) is 4.90 Å². The Morgan fingerprint density at radius 2 is 1.80 bits per heavy atom. The molecule has 0 aromatic heterocycles. The average molecular weight is 224 g/mol. The van der Waals surface area contributed by atoms with Crippen LogP contribution in [0.1, 0.15) is 25.7 Å². The molecule has 3 nitrogen and oxygen atoms in total. The van der Waals surface area contributed by atoms with Gasteiger partial charge in [0, 0.05) is 19.6 Å². The van der Waals surface area contributed by atoms with Crippen molar-refractivity contribution >= 4 is 6.03 Å². The summed E-state index contributed by atoms with van der Waals surface area (Å²) in [6, 6.07) is -0.376. The molecule has 15 heavy (non-hydrogen) atoms. The van der Waals surface area contributed by atoms with Crippen LogP contribution in [-0.4, -0.2) is 36.7 Å². The highest BCUT2D eigenvalue weighted by Gasteiger charge is 2.27. The third-order valence-corrected chi connectivity index (χ3v) is 2.33. The van der Waals surface area contributed by atoms with Crippen molar-refractivity contribution in [3.63, 3.8) is 0 Å². The summed E-state index contributed by atoms with van der Waals surface area (Å²) in [5.41, 5.74) is 0. The molecule has 0 aromatic rings. The first-order valence-corrected chi connectivity index (χ1v) is 5.08. The van der Waals surface area contributed by atoms with Gasteiger partial charge in [0.25, 0.3) is 0 Å². The second kappa shape index (κ2) is 5.23. The maximum absolute atomic E-state index is 11.8. The van der Waals surface area contributed by atoms with Crippen molar-refractivity contribution in [2.45, 2.75) is 31.9 Å². The smallest absolute Gasteiger partial charge is 0.338 e. The Balaban J connectivity index is 2.17. The molecule has 88 valence electrons. The third kappa shape index (κ3) is 4.90. The number of halogens is 3. The quantitative estimate of drug-likeness (QED) is 0.765. The molecule has 1 aliphatic rings. The van der Waals surface area contributed by atoms with E-state index in [2.05, 4.69) is 5.32 Å². The van der Waals surface area contributed by atoms with Crippen LogP contribution >= 0.6 is 0 Å². The molecule has 0 spiro atoms. The van der Waals surface area contributed by atoms with Crippen LogP contribution < -0.4 is 5.32 Å². The number of hydrogen-bond acceptors (Lipinski definition) is 1.